The van der Waals surface area contributed by atoms with Crippen molar-refractivity contribution in [1.82, 2.24) is 20.3 Å². The van der Waals surface area contributed by atoms with E-state index in [4.69, 9.17) is 28.6 Å². The lowest BCUT2D eigenvalue weighted by atomic mass is 10.0. The van der Waals surface area contributed by atoms with Crippen molar-refractivity contribution in [2.45, 2.75) is 45.1 Å². The first-order valence-electron chi connectivity index (χ1n) is 14.5. The van der Waals surface area contributed by atoms with Crippen molar-refractivity contribution in [3.63, 3.8) is 0 Å². The fourth-order valence-electron chi connectivity index (χ4n) is 5.78. The first kappa shape index (κ1) is 26.5. The summed E-state index contributed by atoms with van der Waals surface area (Å²) in [6, 6.07) is 11.4. The highest BCUT2D eigenvalue weighted by Crippen LogP contribution is 2.41. The predicted octanol–water partition coefficient (Wildman–Crippen LogP) is 5.36. The highest BCUT2D eigenvalue weighted by molar-refractivity contribution is 5.95. The smallest absolute Gasteiger partial charge is 0.251 e. The Labute approximate surface area is 243 Å². The molecule has 3 aliphatic rings. The van der Waals surface area contributed by atoms with Gasteiger partial charge in [-0.1, -0.05) is 12.1 Å². The third-order valence-corrected chi connectivity index (χ3v) is 8.08. The molecule has 216 valence electrons. The van der Waals surface area contributed by atoms with Crippen LogP contribution in [0, 0.1) is 12.8 Å². The molecule has 2 aromatic carbocycles. The molecule has 42 heavy (non-hydrogen) atoms. The monoisotopic (exact) mass is 567 g/mol. The SMILES string of the molecule is COc1cc(C(=O)NCC2COC2)ccc1Nc1nc2c(c(OC3CCCC3)n1)C(c1ccc3nc(C)oc3c1)=CC2. The summed E-state index contributed by atoms with van der Waals surface area (Å²) in [6.07, 6.45) is 7.26. The number of benzene rings is 2. The number of rotatable bonds is 9. The molecule has 0 radical (unpaired) electrons. The van der Waals surface area contributed by atoms with E-state index in [1.165, 1.54) is 0 Å². The lowest BCUT2D eigenvalue weighted by Crippen LogP contribution is -2.39. The number of carbonyl (C=O) groups excluding carboxylic acids is 1. The molecule has 2 N–H and O–H groups in total. The summed E-state index contributed by atoms with van der Waals surface area (Å²) in [6.45, 7) is 3.82. The second-order valence-corrected chi connectivity index (χ2v) is 11.1. The van der Waals surface area contributed by atoms with Gasteiger partial charge in [0.2, 0.25) is 11.8 Å². The van der Waals surface area contributed by atoms with Crippen molar-refractivity contribution >= 4 is 34.2 Å². The van der Waals surface area contributed by atoms with E-state index in [2.05, 4.69) is 27.8 Å². The van der Waals surface area contributed by atoms with Crippen LogP contribution in [0.2, 0.25) is 0 Å². The number of ether oxygens (including phenoxy) is 3. The summed E-state index contributed by atoms with van der Waals surface area (Å²) in [7, 11) is 1.58. The Bertz CT molecular complexity index is 1690. The number of aromatic nitrogens is 3. The molecule has 7 rings (SSSR count). The Morgan fingerprint density at radius 2 is 1.93 bits per heavy atom. The van der Waals surface area contributed by atoms with Gasteiger partial charge in [0, 0.05) is 31.4 Å². The summed E-state index contributed by atoms with van der Waals surface area (Å²) in [4.78, 5) is 26.9. The molecule has 1 amide bonds. The van der Waals surface area contributed by atoms with Crippen molar-refractivity contribution in [3.05, 3.63) is 70.7 Å². The molecular weight excluding hydrogens is 534 g/mol. The average molecular weight is 568 g/mol. The first-order valence-corrected chi connectivity index (χ1v) is 14.5. The Kier molecular flexibility index (Phi) is 6.99. The largest absolute Gasteiger partial charge is 0.495 e. The van der Waals surface area contributed by atoms with Crippen molar-refractivity contribution in [2.24, 2.45) is 5.92 Å². The van der Waals surface area contributed by atoms with Crippen LogP contribution in [0.15, 0.2) is 46.9 Å². The molecule has 10 nitrogen and oxygen atoms in total. The van der Waals surface area contributed by atoms with Gasteiger partial charge in [-0.25, -0.2) is 9.97 Å². The summed E-state index contributed by atoms with van der Waals surface area (Å²) >= 11 is 0. The van der Waals surface area contributed by atoms with Crippen LogP contribution in [0.4, 0.5) is 11.6 Å². The van der Waals surface area contributed by atoms with Gasteiger partial charge in [-0.05, 0) is 67.2 Å². The van der Waals surface area contributed by atoms with Crippen LogP contribution in [-0.4, -0.2) is 53.8 Å². The molecule has 10 heteroatoms. The van der Waals surface area contributed by atoms with Crippen LogP contribution in [0.3, 0.4) is 0 Å². The van der Waals surface area contributed by atoms with Gasteiger partial charge in [0.05, 0.1) is 37.3 Å². The van der Waals surface area contributed by atoms with Gasteiger partial charge in [-0.15, -0.1) is 0 Å². The molecule has 0 bridgehead atoms. The quantitative estimate of drug-likeness (QED) is 0.275. The number of oxazole rings is 1. The maximum atomic E-state index is 12.7. The molecule has 2 aliphatic carbocycles. The standard InChI is InChI=1S/C32H33N5O5/c1-18-34-25-10-7-20(13-28(25)41-18)23-9-12-26-29(23)31(42-22-5-3-4-6-22)37-32(36-26)35-24-11-8-21(14-27(24)39-2)30(38)33-15-19-16-40-17-19/h7-11,13-14,19,22H,3-6,12,15-17H2,1-2H3,(H,33,38)(H,35,36,37). The van der Waals surface area contributed by atoms with Gasteiger partial charge in [0.1, 0.15) is 17.4 Å². The molecule has 2 fully saturated rings. The van der Waals surface area contributed by atoms with Gasteiger partial charge in [-0.2, -0.15) is 4.98 Å². The number of fused-ring (bicyclic) bond motifs is 2. The Balaban J connectivity index is 1.18. The van der Waals surface area contributed by atoms with E-state index < -0.39 is 0 Å². The minimum absolute atomic E-state index is 0.122. The number of allylic oxidation sites excluding steroid dienone is 1. The second-order valence-electron chi connectivity index (χ2n) is 11.1. The van der Waals surface area contributed by atoms with Crippen LogP contribution in [0.1, 0.15) is 58.8 Å². The Morgan fingerprint density at radius 3 is 2.71 bits per heavy atom. The maximum absolute atomic E-state index is 12.7. The first-order chi connectivity index (χ1) is 20.5. The Morgan fingerprint density at radius 1 is 1.07 bits per heavy atom. The number of nitrogens with zero attached hydrogens (tertiary/aromatic N) is 3. The van der Waals surface area contributed by atoms with E-state index >= 15 is 0 Å². The highest BCUT2D eigenvalue weighted by Gasteiger charge is 2.28. The fraction of sp³-hybridized carbons (Fsp3) is 0.375. The third kappa shape index (κ3) is 5.18. The fourth-order valence-corrected chi connectivity index (χ4v) is 5.78. The number of hydrogen-bond donors (Lipinski definition) is 2. The van der Waals surface area contributed by atoms with Crippen molar-refractivity contribution in [1.29, 1.82) is 0 Å². The molecule has 1 saturated carbocycles. The maximum Gasteiger partial charge on any atom is 0.251 e. The molecule has 4 aromatic rings. The lowest BCUT2D eigenvalue weighted by molar-refractivity contribution is -0.0298. The minimum Gasteiger partial charge on any atom is -0.495 e. The van der Waals surface area contributed by atoms with Gasteiger partial charge in [-0.3, -0.25) is 4.79 Å². The predicted molar refractivity (Wildman–Crippen MR) is 157 cm³/mol. The number of aryl methyl sites for hydroxylation is 1. The van der Waals surface area contributed by atoms with Gasteiger partial charge in [0.25, 0.3) is 5.91 Å². The van der Waals surface area contributed by atoms with Crippen molar-refractivity contribution in [3.8, 4) is 11.6 Å². The molecular formula is C32H33N5O5. The zero-order valence-corrected chi connectivity index (χ0v) is 23.7. The summed E-state index contributed by atoms with van der Waals surface area (Å²) in [5.74, 6) is 2.37. The summed E-state index contributed by atoms with van der Waals surface area (Å²) in [5, 5.41) is 6.28. The number of methoxy groups -OCH3 is 1. The molecule has 1 aliphatic heterocycles. The van der Waals surface area contributed by atoms with Crippen LogP contribution in [0.5, 0.6) is 11.6 Å². The van der Waals surface area contributed by atoms with E-state index in [0.717, 1.165) is 59.2 Å². The van der Waals surface area contributed by atoms with E-state index in [1.54, 1.807) is 19.2 Å². The topological polar surface area (TPSA) is 121 Å². The number of amides is 1. The van der Waals surface area contributed by atoms with Crippen molar-refractivity contribution < 1.29 is 23.4 Å². The van der Waals surface area contributed by atoms with E-state index in [9.17, 15) is 4.79 Å². The van der Waals surface area contributed by atoms with E-state index in [1.807, 2.05) is 25.1 Å². The molecule has 1 saturated heterocycles. The van der Waals surface area contributed by atoms with Gasteiger partial charge < -0.3 is 29.3 Å². The number of carbonyl (C=O) groups is 1. The summed E-state index contributed by atoms with van der Waals surface area (Å²) in [5.41, 5.74) is 6.60. The average Bonchev–Trinajstić information content (AvgIpc) is 3.71. The zero-order chi connectivity index (χ0) is 28.6. The molecule has 0 atom stereocenters. The van der Waals surface area contributed by atoms with Crippen molar-refractivity contribution in [2.75, 3.05) is 32.2 Å². The molecule has 0 unspecified atom stereocenters. The van der Waals surface area contributed by atoms with E-state index in [-0.39, 0.29) is 12.0 Å². The minimum atomic E-state index is -0.148. The molecule has 3 heterocycles. The van der Waals surface area contributed by atoms with Crippen LogP contribution in [0.25, 0.3) is 16.7 Å². The highest BCUT2D eigenvalue weighted by atomic mass is 16.5. The number of hydrogen-bond acceptors (Lipinski definition) is 9. The third-order valence-electron chi connectivity index (χ3n) is 8.08. The Hall–Kier alpha value is -4.44. The zero-order valence-electron chi connectivity index (χ0n) is 23.7. The van der Waals surface area contributed by atoms with Crippen LogP contribution < -0.4 is 20.1 Å². The second kappa shape index (κ2) is 11.1. The normalized spacial score (nSPS) is 16.7. The number of anilines is 2. The van der Waals surface area contributed by atoms with Gasteiger partial charge >= 0.3 is 0 Å². The van der Waals surface area contributed by atoms with Crippen LogP contribution >= 0.6 is 0 Å². The number of nitrogens with one attached hydrogen (secondary N) is 2. The van der Waals surface area contributed by atoms with Crippen LogP contribution in [-0.2, 0) is 11.2 Å². The lowest BCUT2D eigenvalue weighted by Gasteiger charge is -2.25. The van der Waals surface area contributed by atoms with E-state index in [0.29, 0.717) is 66.8 Å². The molecule has 2 aromatic heterocycles. The summed E-state index contributed by atoms with van der Waals surface area (Å²) < 4.78 is 23.2. The molecule has 0 spiro atoms. The van der Waals surface area contributed by atoms with Gasteiger partial charge in [0.15, 0.2) is 11.5 Å².